The zero-order valence-electron chi connectivity index (χ0n) is 9.37. The Kier molecular flexibility index (Phi) is 4.90. The highest BCUT2D eigenvalue weighted by Gasteiger charge is 2.06. The summed E-state index contributed by atoms with van der Waals surface area (Å²) >= 11 is 0. The smallest absolute Gasteiger partial charge is 0.128 e. The molecule has 1 atom stereocenters. The highest BCUT2D eigenvalue weighted by Crippen LogP contribution is 2.12. The molecule has 16 heavy (non-hydrogen) atoms. The SMILES string of the molecule is COCC(C)OCc1cc(C#N)ccc1F. The van der Waals surface area contributed by atoms with Crippen LogP contribution >= 0.6 is 0 Å². The van der Waals surface area contributed by atoms with Crippen molar-refractivity contribution in [3.63, 3.8) is 0 Å². The lowest BCUT2D eigenvalue weighted by Crippen LogP contribution is -2.15. The van der Waals surface area contributed by atoms with Crippen molar-refractivity contribution in [1.29, 1.82) is 5.26 Å². The lowest BCUT2D eigenvalue weighted by atomic mass is 10.1. The maximum absolute atomic E-state index is 13.3. The molecule has 4 heteroatoms. The van der Waals surface area contributed by atoms with Crippen LogP contribution in [0.5, 0.6) is 0 Å². The number of nitrogens with zero attached hydrogens (tertiary/aromatic N) is 1. The van der Waals surface area contributed by atoms with E-state index < -0.39 is 0 Å². The van der Waals surface area contributed by atoms with Gasteiger partial charge in [0, 0.05) is 12.7 Å². The van der Waals surface area contributed by atoms with Crippen LogP contribution in [0.25, 0.3) is 0 Å². The van der Waals surface area contributed by atoms with Crippen molar-refractivity contribution >= 4 is 0 Å². The van der Waals surface area contributed by atoms with Crippen molar-refractivity contribution in [2.75, 3.05) is 13.7 Å². The van der Waals surface area contributed by atoms with Gasteiger partial charge in [0.05, 0.1) is 31.0 Å². The number of benzene rings is 1. The monoisotopic (exact) mass is 223 g/mol. The Morgan fingerprint density at radius 2 is 2.25 bits per heavy atom. The number of halogens is 1. The molecule has 0 N–H and O–H groups in total. The molecule has 0 bridgehead atoms. The number of nitriles is 1. The first-order chi connectivity index (χ1) is 7.67. The van der Waals surface area contributed by atoms with Gasteiger partial charge < -0.3 is 9.47 Å². The van der Waals surface area contributed by atoms with Gasteiger partial charge in [0.2, 0.25) is 0 Å². The molecule has 1 aromatic carbocycles. The van der Waals surface area contributed by atoms with Gasteiger partial charge in [0.25, 0.3) is 0 Å². The molecule has 0 amide bonds. The number of ether oxygens (including phenoxy) is 2. The van der Waals surface area contributed by atoms with Crippen LogP contribution in [-0.2, 0) is 16.1 Å². The van der Waals surface area contributed by atoms with Gasteiger partial charge in [-0.25, -0.2) is 4.39 Å². The standard InChI is InChI=1S/C12H14FNO2/c1-9(7-15-2)16-8-11-5-10(6-14)3-4-12(11)13/h3-5,9H,7-8H2,1-2H3. The summed E-state index contributed by atoms with van der Waals surface area (Å²) in [5, 5.41) is 8.68. The third-order valence-corrected chi connectivity index (χ3v) is 2.10. The average molecular weight is 223 g/mol. The zero-order chi connectivity index (χ0) is 12.0. The van der Waals surface area contributed by atoms with Crippen molar-refractivity contribution in [3.05, 3.63) is 35.1 Å². The van der Waals surface area contributed by atoms with E-state index in [4.69, 9.17) is 14.7 Å². The fraction of sp³-hybridized carbons (Fsp3) is 0.417. The van der Waals surface area contributed by atoms with E-state index in [0.29, 0.717) is 17.7 Å². The summed E-state index contributed by atoms with van der Waals surface area (Å²) in [6, 6.07) is 6.17. The fourth-order valence-corrected chi connectivity index (χ4v) is 1.27. The van der Waals surface area contributed by atoms with Gasteiger partial charge in [-0.05, 0) is 25.1 Å². The first-order valence-corrected chi connectivity index (χ1v) is 4.96. The molecular formula is C12H14FNO2. The molecule has 1 unspecified atom stereocenters. The predicted octanol–water partition coefficient (Wildman–Crippen LogP) is 2.25. The Bertz CT molecular complexity index is 387. The number of hydrogen-bond acceptors (Lipinski definition) is 3. The van der Waals surface area contributed by atoms with Gasteiger partial charge in [-0.1, -0.05) is 0 Å². The van der Waals surface area contributed by atoms with Crippen molar-refractivity contribution in [1.82, 2.24) is 0 Å². The van der Waals surface area contributed by atoms with Crippen molar-refractivity contribution in [2.45, 2.75) is 19.6 Å². The van der Waals surface area contributed by atoms with Crippen LogP contribution in [0.15, 0.2) is 18.2 Å². The number of methoxy groups -OCH3 is 1. The summed E-state index contributed by atoms with van der Waals surface area (Å²) in [7, 11) is 1.58. The Morgan fingerprint density at radius 1 is 1.50 bits per heavy atom. The summed E-state index contributed by atoms with van der Waals surface area (Å²) in [5.41, 5.74) is 0.821. The second-order valence-corrected chi connectivity index (χ2v) is 3.49. The van der Waals surface area contributed by atoms with E-state index in [1.165, 1.54) is 18.2 Å². The van der Waals surface area contributed by atoms with Gasteiger partial charge >= 0.3 is 0 Å². The van der Waals surface area contributed by atoms with Crippen LogP contribution in [0.1, 0.15) is 18.1 Å². The second kappa shape index (κ2) is 6.21. The van der Waals surface area contributed by atoms with E-state index >= 15 is 0 Å². The first-order valence-electron chi connectivity index (χ1n) is 4.96. The van der Waals surface area contributed by atoms with Crippen LogP contribution in [0, 0.1) is 17.1 Å². The second-order valence-electron chi connectivity index (χ2n) is 3.49. The van der Waals surface area contributed by atoms with E-state index in [2.05, 4.69) is 0 Å². The minimum absolute atomic E-state index is 0.102. The molecule has 0 aliphatic heterocycles. The van der Waals surface area contributed by atoms with E-state index in [1.54, 1.807) is 7.11 Å². The Hall–Kier alpha value is -1.44. The molecule has 0 aliphatic rings. The van der Waals surface area contributed by atoms with Crippen LogP contribution in [-0.4, -0.2) is 19.8 Å². The third kappa shape index (κ3) is 3.61. The molecule has 3 nitrogen and oxygen atoms in total. The average Bonchev–Trinajstić information content (AvgIpc) is 2.28. The van der Waals surface area contributed by atoms with Gasteiger partial charge in [0.1, 0.15) is 5.82 Å². The molecule has 0 saturated carbocycles. The highest BCUT2D eigenvalue weighted by atomic mass is 19.1. The van der Waals surface area contributed by atoms with Crippen LogP contribution in [0.3, 0.4) is 0 Å². The quantitative estimate of drug-likeness (QED) is 0.768. The Morgan fingerprint density at radius 3 is 2.88 bits per heavy atom. The van der Waals surface area contributed by atoms with E-state index in [1.807, 2.05) is 13.0 Å². The van der Waals surface area contributed by atoms with Gasteiger partial charge in [0.15, 0.2) is 0 Å². The fourth-order valence-electron chi connectivity index (χ4n) is 1.27. The van der Waals surface area contributed by atoms with Gasteiger partial charge in [-0.3, -0.25) is 0 Å². The zero-order valence-corrected chi connectivity index (χ0v) is 9.37. The molecule has 1 aromatic rings. The maximum atomic E-state index is 13.3. The molecule has 1 rings (SSSR count). The predicted molar refractivity (Wildman–Crippen MR) is 57.2 cm³/mol. The van der Waals surface area contributed by atoms with Crippen molar-refractivity contribution < 1.29 is 13.9 Å². The normalized spacial score (nSPS) is 12.1. The number of rotatable bonds is 5. The number of hydrogen-bond donors (Lipinski definition) is 0. The molecule has 0 fully saturated rings. The minimum Gasteiger partial charge on any atom is -0.382 e. The molecule has 0 heterocycles. The lowest BCUT2D eigenvalue weighted by Gasteiger charge is -2.12. The Labute approximate surface area is 94.4 Å². The molecule has 0 aromatic heterocycles. The first kappa shape index (κ1) is 12.6. The Balaban J connectivity index is 2.63. The van der Waals surface area contributed by atoms with Gasteiger partial charge in [-0.15, -0.1) is 0 Å². The molecule has 0 saturated heterocycles. The van der Waals surface area contributed by atoms with Crippen LogP contribution < -0.4 is 0 Å². The maximum Gasteiger partial charge on any atom is 0.128 e. The van der Waals surface area contributed by atoms with E-state index in [0.717, 1.165) is 0 Å². The third-order valence-electron chi connectivity index (χ3n) is 2.10. The molecular weight excluding hydrogens is 209 g/mol. The lowest BCUT2D eigenvalue weighted by molar-refractivity contribution is -0.00110. The molecule has 0 radical (unpaired) electrons. The van der Waals surface area contributed by atoms with E-state index in [-0.39, 0.29) is 18.5 Å². The largest absolute Gasteiger partial charge is 0.382 e. The van der Waals surface area contributed by atoms with E-state index in [9.17, 15) is 4.39 Å². The topological polar surface area (TPSA) is 42.2 Å². The van der Waals surface area contributed by atoms with Crippen LogP contribution in [0.2, 0.25) is 0 Å². The van der Waals surface area contributed by atoms with Gasteiger partial charge in [-0.2, -0.15) is 5.26 Å². The van der Waals surface area contributed by atoms with Crippen LogP contribution in [0.4, 0.5) is 4.39 Å². The minimum atomic E-state index is -0.358. The summed E-state index contributed by atoms with van der Waals surface area (Å²) in [4.78, 5) is 0. The molecule has 0 spiro atoms. The summed E-state index contributed by atoms with van der Waals surface area (Å²) in [5.74, 6) is -0.358. The highest BCUT2D eigenvalue weighted by molar-refractivity contribution is 5.33. The summed E-state index contributed by atoms with van der Waals surface area (Å²) in [6.07, 6.45) is -0.102. The van der Waals surface area contributed by atoms with Crippen molar-refractivity contribution in [2.24, 2.45) is 0 Å². The summed E-state index contributed by atoms with van der Waals surface area (Å²) < 4.78 is 23.6. The summed E-state index contributed by atoms with van der Waals surface area (Å²) in [6.45, 7) is 2.45. The molecule has 86 valence electrons. The molecule has 0 aliphatic carbocycles. The van der Waals surface area contributed by atoms with Crippen molar-refractivity contribution in [3.8, 4) is 6.07 Å².